The second-order valence-electron chi connectivity index (χ2n) is 9.89. The number of rotatable bonds is 14. The van der Waals surface area contributed by atoms with Crippen molar-refractivity contribution < 1.29 is 29.4 Å². The molecule has 1 heterocycles. The van der Waals surface area contributed by atoms with E-state index < -0.39 is 47.9 Å². The van der Waals surface area contributed by atoms with Crippen molar-refractivity contribution in [2.75, 3.05) is 13.1 Å². The molecule has 1 aromatic rings. The predicted octanol–water partition coefficient (Wildman–Crippen LogP) is -0.593. The summed E-state index contributed by atoms with van der Waals surface area (Å²) in [7, 11) is 0. The van der Waals surface area contributed by atoms with Crippen LogP contribution in [-0.4, -0.2) is 82.0 Å². The summed E-state index contributed by atoms with van der Waals surface area (Å²) in [6, 6.07) is 2.40. The van der Waals surface area contributed by atoms with Crippen molar-refractivity contribution in [2.24, 2.45) is 28.1 Å². The molecule has 0 radical (unpaired) electrons. The Morgan fingerprint density at radius 1 is 1.15 bits per heavy atom. The number of aliphatic carboxylic acids is 1. The highest BCUT2D eigenvalue weighted by Gasteiger charge is 2.39. The Bertz CT molecular complexity index is 1030. The van der Waals surface area contributed by atoms with Crippen molar-refractivity contribution in [3.8, 4) is 5.75 Å². The van der Waals surface area contributed by atoms with Crippen LogP contribution in [0.4, 0.5) is 0 Å². The lowest BCUT2D eigenvalue weighted by molar-refractivity contribution is -0.146. The molecule has 39 heavy (non-hydrogen) atoms. The second-order valence-corrected chi connectivity index (χ2v) is 9.89. The number of benzene rings is 1. The van der Waals surface area contributed by atoms with Crippen molar-refractivity contribution in [2.45, 2.75) is 76.5 Å². The normalized spacial score (nSPS) is 17.9. The molecule has 3 amide bonds. The highest BCUT2D eigenvalue weighted by Crippen LogP contribution is 2.21. The minimum absolute atomic E-state index is 0.0891. The van der Waals surface area contributed by atoms with Gasteiger partial charge in [0.25, 0.3) is 0 Å². The van der Waals surface area contributed by atoms with Crippen LogP contribution in [0.15, 0.2) is 29.3 Å². The number of carboxylic acids is 1. The zero-order valence-corrected chi connectivity index (χ0v) is 22.5. The van der Waals surface area contributed by atoms with Gasteiger partial charge < -0.3 is 42.9 Å². The number of phenols is 1. The molecule has 10 N–H and O–H groups in total. The topological polar surface area (TPSA) is 226 Å². The molecule has 5 unspecified atom stereocenters. The number of carbonyl (C=O) groups excluding carboxylic acids is 3. The molecule has 1 aliphatic rings. The molecular formula is C26H41N7O6. The van der Waals surface area contributed by atoms with E-state index in [1.807, 2.05) is 6.92 Å². The fourth-order valence-corrected chi connectivity index (χ4v) is 4.45. The van der Waals surface area contributed by atoms with E-state index in [1.54, 1.807) is 19.1 Å². The molecule has 0 saturated carbocycles. The molecule has 0 bridgehead atoms. The molecule has 1 saturated heterocycles. The van der Waals surface area contributed by atoms with Gasteiger partial charge in [-0.25, -0.2) is 4.79 Å². The van der Waals surface area contributed by atoms with Crippen LogP contribution >= 0.6 is 0 Å². The lowest BCUT2D eigenvalue weighted by atomic mass is 9.98. The number of hydrogen-bond acceptors (Lipinski definition) is 7. The summed E-state index contributed by atoms with van der Waals surface area (Å²) in [5, 5.41) is 24.3. The van der Waals surface area contributed by atoms with Gasteiger partial charge in [-0.3, -0.25) is 19.4 Å². The first-order valence-corrected chi connectivity index (χ1v) is 13.2. The molecule has 5 atom stereocenters. The average Bonchev–Trinajstić information content (AvgIpc) is 3.39. The maximum Gasteiger partial charge on any atom is 0.326 e. The third kappa shape index (κ3) is 9.43. The standard InChI is InChI=1S/C26H41N7O6/c1-3-15(2)21(25(38)39)32-23(36)20-7-5-13-33(20)24(37)19(6-4-12-30-26(28)29)31-22(35)18(27)14-16-8-10-17(34)11-9-16/h8-11,15,18-21,34H,3-7,12-14,27H2,1-2H3,(H,31,35)(H,32,36)(H,38,39)(H4,28,29,30). The summed E-state index contributed by atoms with van der Waals surface area (Å²) in [4.78, 5) is 56.7. The summed E-state index contributed by atoms with van der Waals surface area (Å²) < 4.78 is 0. The van der Waals surface area contributed by atoms with Gasteiger partial charge in [0.15, 0.2) is 5.96 Å². The van der Waals surface area contributed by atoms with E-state index in [4.69, 9.17) is 17.2 Å². The lowest BCUT2D eigenvalue weighted by Crippen LogP contribution is -2.57. The van der Waals surface area contributed by atoms with Crippen molar-refractivity contribution in [1.29, 1.82) is 0 Å². The van der Waals surface area contributed by atoms with Gasteiger partial charge in [-0.05, 0) is 55.7 Å². The quantitative estimate of drug-likeness (QED) is 0.0895. The Kier molecular flexibility index (Phi) is 12.0. The number of phenolic OH excluding ortho intramolecular Hbond substituents is 1. The van der Waals surface area contributed by atoms with Crippen LogP contribution in [0.25, 0.3) is 0 Å². The van der Waals surface area contributed by atoms with Gasteiger partial charge in [-0.2, -0.15) is 0 Å². The number of nitrogens with one attached hydrogen (secondary N) is 2. The molecule has 1 aromatic carbocycles. The van der Waals surface area contributed by atoms with Crippen LogP contribution < -0.4 is 27.8 Å². The number of aliphatic imine (C=N–C) groups is 1. The third-order valence-electron chi connectivity index (χ3n) is 6.90. The number of likely N-dealkylation sites (tertiary alicyclic amines) is 1. The highest BCUT2D eigenvalue weighted by atomic mass is 16.4. The number of carboxylic acid groups (broad SMARTS) is 1. The lowest BCUT2D eigenvalue weighted by Gasteiger charge is -2.30. The van der Waals surface area contributed by atoms with Crippen LogP contribution in [0.2, 0.25) is 0 Å². The van der Waals surface area contributed by atoms with Gasteiger partial charge in [0, 0.05) is 13.1 Å². The number of aromatic hydroxyl groups is 1. The van der Waals surface area contributed by atoms with E-state index in [0.717, 1.165) is 5.56 Å². The van der Waals surface area contributed by atoms with Gasteiger partial charge in [-0.1, -0.05) is 32.4 Å². The van der Waals surface area contributed by atoms with Crippen molar-refractivity contribution in [3.05, 3.63) is 29.8 Å². The summed E-state index contributed by atoms with van der Waals surface area (Å²) >= 11 is 0. The van der Waals surface area contributed by atoms with Crippen molar-refractivity contribution >= 4 is 29.7 Å². The zero-order valence-electron chi connectivity index (χ0n) is 22.5. The zero-order chi connectivity index (χ0) is 29.1. The van der Waals surface area contributed by atoms with Gasteiger partial charge in [-0.15, -0.1) is 0 Å². The molecule has 13 heteroatoms. The Morgan fingerprint density at radius 2 is 1.82 bits per heavy atom. The van der Waals surface area contributed by atoms with Crippen LogP contribution in [0.1, 0.15) is 51.5 Å². The first kappa shape index (κ1) is 31.3. The van der Waals surface area contributed by atoms with E-state index in [1.165, 1.54) is 17.0 Å². The van der Waals surface area contributed by atoms with E-state index in [0.29, 0.717) is 25.7 Å². The fourth-order valence-electron chi connectivity index (χ4n) is 4.45. The molecule has 0 spiro atoms. The van der Waals surface area contributed by atoms with Gasteiger partial charge in [0.05, 0.1) is 6.04 Å². The monoisotopic (exact) mass is 547 g/mol. The molecule has 0 aliphatic carbocycles. The summed E-state index contributed by atoms with van der Waals surface area (Å²) in [5.41, 5.74) is 17.6. The predicted molar refractivity (Wildman–Crippen MR) is 145 cm³/mol. The molecule has 1 aliphatic heterocycles. The first-order chi connectivity index (χ1) is 18.4. The first-order valence-electron chi connectivity index (χ1n) is 13.2. The van der Waals surface area contributed by atoms with Crippen molar-refractivity contribution in [1.82, 2.24) is 15.5 Å². The average molecular weight is 548 g/mol. The van der Waals surface area contributed by atoms with Crippen LogP contribution in [0.3, 0.4) is 0 Å². The molecule has 1 fully saturated rings. The van der Waals surface area contributed by atoms with E-state index >= 15 is 0 Å². The molecule has 13 nitrogen and oxygen atoms in total. The van der Waals surface area contributed by atoms with E-state index in [2.05, 4.69) is 15.6 Å². The number of amides is 3. The maximum absolute atomic E-state index is 13.6. The molecule has 2 rings (SSSR count). The summed E-state index contributed by atoms with van der Waals surface area (Å²) in [5.74, 6) is -2.99. The van der Waals surface area contributed by atoms with Gasteiger partial charge >= 0.3 is 5.97 Å². The van der Waals surface area contributed by atoms with Gasteiger partial charge in [0.2, 0.25) is 17.7 Å². The summed E-state index contributed by atoms with van der Waals surface area (Å²) in [6.07, 6.45) is 2.24. The Labute approximate surface area is 228 Å². The number of hydrogen-bond donors (Lipinski definition) is 7. The molecule has 216 valence electrons. The number of nitrogens with two attached hydrogens (primary N) is 3. The SMILES string of the molecule is CCC(C)C(NC(=O)C1CCCN1C(=O)C(CCCN=C(N)N)NC(=O)C(N)Cc1ccc(O)cc1)C(=O)O. The third-order valence-corrected chi connectivity index (χ3v) is 6.90. The minimum Gasteiger partial charge on any atom is -0.508 e. The van der Waals surface area contributed by atoms with E-state index in [-0.39, 0.29) is 43.6 Å². The van der Waals surface area contributed by atoms with Crippen LogP contribution in [0.5, 0.6) is 5.75 Å². The second kappa shape index (κ2) is 14.9. The molecule has 0 aromatic heterocycles. The maximum atomic E-state index is 13.6. The molecular weight excluding hydrogens is 506 g/mol. The highest BCUT2D eigenvalue weighted by molar-refractivity contribution is 5.94. The number of carbonyl (C=O) groups is 4. The van der Waals surface area contributed by atoms with Crippen LogP contribution in [-0.2, 0) is 25.6 Å². The van der Waals surface area contributed by atoms with Crippen LogP contribution in [0, 0.1) is 5.92 Å². The Morgan fingerprint density at radius 3 is 2.41 bits per heavy atom. The minimum atomic E-state index is -1.14. The van der Waals surface area contributed by atoms with E-state index in [9.17, 15) is 29.4 Å². The largest absolute Gasteiger partial charge is 0.508 e. The van der Waals surface area contributed by atoms with Gasteiger partial charge in [0.1, 0.15) is 23.9 Å². The Hall–Kier alpha value is -3.87. The smallest absolute Gasteiger partial charge is 0.326 e. The summed E-state index contributed by atoms with van der Waals surface area (Å²) in [6.45, 7) is 4.10. The van der Waals surface area contributed by atoms with Crippen molar-refractivity contribution in [3.63, 3.8) is 0 Å². The number of guanidine groups is 1. The number of nitrogens with zero attached hydrogens (tertiary/aromatic N) is 2. The fraction of sp³-hybridized carbons (Fsp3) is 0.577. The Balaban J connectivity index is 2.15.